The molecule has 0 saturated heterocycles. The van der Waals surface area contributed by atoms with Crippen LogP contribution in [0.2, 0.25) is 0 Å². The second-order valence-electron chi connectivity index (χ2n) is 4.32. The Kier molecular flexibility index (Phi) is 5.78. The Labute approximate surface area is 118 Å². The Hall–Kier alpha value is -0.770. The van der Waals surface area contributed by atoms with E-state index in [0.717, 1.165) is 18.8 Å². The van der Waals surface area contributed by atoms with Crippen molar-refractivity contribution in [2.45, 2.75) is 24.5 Å². The molecule has 1 atom stereocenters. The van der Waals surface area contributed by atoms with Crippen molar-refractivity contribution >= 4 is 23.1 Å². The number of hydrogen-bond donors (Lipinski definition) is 1. The van der Waals surface area contributed by atoms with Crippen LogP contribution < -0.4 is 5.32 Å². The first-order chi connectivity index (χ1) is 8.84. The van der Waals surface area contributed by atoms with Gasteiger partial charge in [-0.15, -0.1) is 11.3 Å². The highest BCUT2D eigenvalue weighted by Gasteiger charge is 2.03. The summed E-state index contributed by atoms with van der Waals surface area (Å²) in [6.07, 6.45) is 0. The summed E-state index contributed by atoms with van der Waals surface area (Å²) in [6.45, 7) is 4.35. The Morgan fingerprint density at radius 1 is 1.17 bits per heavy atom. The summed E-state index contributed by atoms with van der Waals surface area (Å²) in [4.78, 5) is 1.41. The minimum atomic E-state index is 0.644. The highest BCUT2D eigenvalue weighted by Crippen LogP contribution is 2.17. The van der Waals surface area contributed by atoms with Gasteiger partial charge in [-0.25, -0.2) is 0 Å². The second kappa shape index (κ2) is 7.62. The van der Waals surface area contributed by atoms with E-state index in [1.165, 1.54) is 10.4 Å². The molecule has 1 unspecified atom stereocenters. The molecule has 0 fully saturated rings. The first-order valence-corrected chi connectivity index (χ1v) is 8.16. The molecule has 1 N–H and O–H groups in total. The first-order valence-electron chi connectivity index (χ1n) is 6.23. The van der Waals surface area contributed by atoms with Crippen LogP contribution in [-0.4, -0.2) is 11.8 Å². The molecule has 2 rings (SSSR count). The highest BCUT2D eigenvalue weighted by atomic mass is 32.2. The van der Waals surface area contributed by atoms with Crippen molar-refractivity contribution in [1.82, 2.24) is 5.32 Å². The average Bonchev–Trinajstić information content (AvgIpc) is 2.91. The van der Waals surface area contributed by atoms with Gasteiger partial charge in [-0.05, 0) is 17.0 Å². The van der Waals surface area contributed by atoms with Crippen molar-refractivity contribution in [3.63, 3.8) is 0 Å². The first kappa shape index (κ1) is 13.7. The van der Waals surface area contributed by atoms with Gasteiger partial charge in [0.25, 0.3) is 0 Å². The summed E-state index contributed by atoms with van der Waals surface area (Å²) in [5.74, 6) is 1.10. The van der Waals surface area contributed by atoms with Crippen LogP contribution in [0.5, 0.6) is 0 Å². The number of hydrogen-bond acceptors (Lipinski definition) is 3. The standard InChI is InChI=1S/C15H19NS2/c1-13(10-16-11-15-8-5-9-17-15)18-12-14-6-3-2-4-7-14/h2-9,13,16H,10-12H2,1H3. The van der Waals surface area contributed by atoms with Crippen LogP contribution in [0.1, 0.15) is 17.4 Å². The second-order valence-corrected chi connectivity index (χ2v) is 6.78. The van der Waals surface area contributed by atoms with E-state index in [9.17, 15) is 0 Å². The Balaban J connectivity index is 1.62. The van der Waals surface area contributed by atoms with Gasteiger partial charge >= 0.3 is 0 Å². The Morgan fingerprint density at radius 3 is 2.72 bits per heavy atom. The van der Waals surface area contributed by atoms with Crippen LogP contribution in [0.15, 0.2) is 47.8 Å². The van der Waals surface area contributed by atoms with Gasteiger partial charge < -0.3 is 5.32 Å². The summed E-state index contributed by atoms with van der Waals surface area (Å²) in [5.41, 5.74) is 1.41. The van der Waals surface area contributed by atoms with Gasteiger partial charge in [-0.2, -0.15) is 11.8 Å². The largest absolute Gasteiger partial charge is 0.311 e. The fourth-order valence-electron chi connectivity index (χ4n) is 1.68. The van der Waals surface area contributed by atoms with Gasteiger partial charge in [-0.1, -0.05) is 43.3 Å². The molecule has 96 valence electrons. The number of benzene rings is 1. The van der Waals surface area contributed by atoms with E-state index in [1.54, 1.807) is 0 Å². The van der Waals surface area contributed by atoms with Crippen molar-refractivity contribution < 1.29 is 0 Å². The third-order valence-corrected chi connectivity index (χ3v) is 4.80. The normalized spacial score (nSPS) is 12.5. The van der Waals surface area contributed by atoms with E-state index < -0.39 is 0 Å². The zero-order chi connectivity index (χ0) is 12.6. The van der Waals surface area contributed by atoms with Crippen LogP contribution >= 0.6 is 23.1 Å². The predicted molar refractivity (Wildman–Crippen MR) is 83.2 cm³/mol. The van der Waals surface area contributed by atoms with Gasteiger partial charge in [-0.3, -0.25) is 0 Å². The van der Waals surface area contributed by atoms with Crippen molar-refractivity contribution in [2.24, 2.45) is 0 Å². The molecular weight excluding hydrogens is 258 g/mol. The minimum absolute atomic E-state index is 0.644. The van der Waals surface area contributed by atoms with Gasteiger partial charge in [0, 0.05) is 29.0 Å². The van der Waals surface area contributed by atoms with E-state index in [2.05, 4.69) is 60.1 Å². The number of thioether (sulfide) groups is 1. The molecule has 0 aliphatic rings. The predicted octanol–water partition coefficient (Wildman–Crippen LogP) is 4.16. The maximum Gasteiger partial charge on any atom is 0.0300 e. The lowest BCUT2D eigenvalue weighted by Crippen LogP contribution is -2.21. The summed E-state index contributed by atoms with van der Waals surface area (Å²) in [7, 11) is 0. The Morgan fingerprint density at radius 2 is 2.00 bits per heavy atom. The topological polar surface area (TPSA) is 12.0 Å². The fraction of sp³-hybridized carbons (Fsp3) is 0.333. The number of thiophene rings is 1. The molecule has 0 bridgehead atoms. The fourth-order valence-corrected chi connectivity index (χ4v) is 3.26. The van der Waals surface area contributed by atoms with E-state index in [4.69, 9.17) is 0 Å². The molecule has 0 amide bonds. The molecular formula is C15H19NS2. The molecule has 1 nitrogen and oxygen atoms in total. The van der Waals surface area contributed by atoms with E-state index in [0.29, 0.717) is 5.25 Å². The summed E-state index contributed by atoms with van der Waals surface area (Å²) < 4.78 is 0. The molecule has 0 saturated carbocycles. The van der Waals surface area contributed by atoms with Crippen molar-refractivity contribution in [2.75, 3.05) is 6.54 Å². The van der Waals surface area contributed by atoms with Gasteiger partial charge in [0.05, 0.1) is 0 Å². The molecule has 18 heavy (non-hydrogen) atoms. The molecule has 1 aromatic heterocycles. The minimum Gasteiger partial charge on any atom is -0.311 e. The quantitative estimate of drug-likeness (QED) is 0.815. The molecule has 0 aliphatic heterocycles. The molecule has 0 spiro atoms. The van der Waals surface area contributed by atoms with Crippen LogP contribution in [0.3, 0.4) is 0 Å². The smallest absolute Gasteiger partial charge is 0.0300 e. The van der Waals surface area contributed by atoms with Gasteiger partial charge in [0.1, 0.15) is 0 Å². The van der Waals surface area contributed by atoms with E-state index >= 15 is 0 Å². The number of rotatable bonds is 7. The molecule has 1 heterocycles. The summed E-state index contributed by atoms with van der Waals surface area (Å²) in [5, 5.41) is 6.29. The molecule has 1 aromatic carbocycles. The molecule has 2 aromatic rings. The lowest BCUT2D eigenvalue weighted by Gasteiger charge is -2.12. The molecule has 0 radical (unpaired) electrons. The van der Waals surface area contributed by atoms with Crippen LogP contribution in [0.25, 0.3) is 0 Å². The summed E-state index contributed by atoms with van der Waals surface area (Å²) in [6, 6.07) is 15.0. The van der Waals surface area contributed by atoms with E-state index in [-0.39, 0.29) is 0 Å². The third-order valence-electron chi connectivity index (χ3n) is 2.69. The van der Waals surface area contributed by atoms with Crippen LogP contribution in [0, 0.1) is 0 Å². The van der Waals surface area contributed by atoms with Crippen molar-refractivity contribution in [3.8, 4) is 0 Å². The maximum atomic E-state index is 3.51. The molecule has 0 aliphatic carbocycles. The molecule has 3 heteroatoms. The van der Waals surface area contributed by atoms with Gasteiger partial charge in [0.15, 0.2) is 0 Å². The van der Waals surface area contributed by atoms with Gasteiger partial charge in [0.2, 0.25) is 0 Å². The maximum absolute atomic E-state index is 3.51. The summed E-state index contributed by atoms with van der Waals surface area (Å²) >= 11 is 3.82. The Bertz CT molecular complexity index is 425. The van der Waals surface area contributed by atoms with Crippen molar-refractivity contribution in [3.05, 3.63) is 58.3 Å². The van der Waals surface area contributed by atoms with Crippen molar-refractivity contribution in [1.29, 1.82) is 0 Å². The zero-order valence-corrected chi connectivity index (χ0v) is 12.3. The SMILES string of the molecule is CC(CNCc1cccs1)SCc1ccccc1. The lowest BCUT2D eigenvalue weighted by atomic mass is 10.2. The highest BCUT2D eigenvalue weighted by molar-refractivity contribution is 7.99. The van der Waals surface area contributed by atoms with Crippen LogP contribution in [-0.2, 0) is 12.3 Å². The number of nitrogens with one attached hydrogen (secondary N) is 1. The third kappa shape index (κ3) is 4.84. The zero-order valence-electron chi connectivity index (χ0n) is 10.6. The van der Waals surface area contributed by atoms with Crippen LogP contribution in [0.4, 0.5) is 0 Å². The lowest BCUT2D eigenvalue weighted by molar-refractivity contribution is 0.690. The average molecular weight is 277 g/mol. The monoisotopic (exact) mass is 277 g/mol. The van der Waals surface area contributed by atoms with E-state index in [1.807, 2.05) is 23.1 Å².